The van der Waals surface area contributed by atoms with Crippen LogP contribution in [0.4, 0.5) is 10.7 Å². The molecular weight excluding hydrogens is 274 g/mol. The first-order chi connectivity index (χ1) is 9.49. The fourth-order valence-corrected chi connectivity index (χ4v) is 3.48. The van der Waals surface area contributed by atoms with Gasteiger partial charge in [-0.3, -0.25) is 4.79 Å². The topological polar surface area (TPSA) is 85.4 Å². The Balaban J connectivity index is 2.37. The summed E-state index contributed by atoms with van der Waals surface area (Å²) in [6.45, 7) is 1.72. The van der Waals surface area contributed by atoms with Crippen LogP contribution < -0.4 is 16.0 Å². The molecule has 2 rings (SSSR count). The number of nitrogens with one attached hydrogen (secondary N) is 1. The number of hydrogen-bond acceptors (Lipinski definition) is 6. The SMILES string of the molecule is CNC(=O)c1c(N2CCC(N(C)C)C2)sc(C#N)c1N. The van der Waals surface area contributed by atoms with Crippen LogP contribution in [0, 0.1) is 11.3 Å². The Hall–Kier alpha value is -1.78. The van der Waals surface area contributed by atoms with Gasteiger partial charge in [-0.25, -0.2) is 0 Å². The summed E-state index contributed by atoms with van der Waals surface area (Å²) in [7, 11) is 5.68. The van der Waals surface area contributed by atoms with Crippen molar-refractivity contribution in [1.82, 2.24) is 10.2 Å². The Bertz CT molecular complexity index is 560. The number of likely N-dealkylation sites (N-methyl/N-ethyl adjacent to an activating group) is 1. The molecule has 1 fully saturated rings. The number of amides is 1. The third kappa shape index (κ3) is 2.44. The van der Waals surface area contributed by atoms with Gasteiger partial charge >= 0.3 is 0 Å². The maximum absolute atomic E-state index is 12.0. The van der Waals surface area contributed by atoms with Gasteiger partial charge < -0.3 is 20.9 Å². The van der Waals surface area contributed by atoms with Gasteiger partial charge in [0.05, 0.1) is 11.3 Å². The van der Waals surface area contributed by atoms with Crippen molar-refractivity contribution in [3.8, 4) is 6.07 Å². The molecule has 0 spiro atoms. The van der Waals surface area contributed by atoms with Gasteiger partial charge in [-0.15, -0.1) is 11.3 Å². The fourth-order valence-electron chi connectivity index (χ4n) is 2.43. The summed E-state index contributed by atoms with van der Waals surface area (Å²) >= 11 is 1.30. The smallest absolute Gasteiger partial charge is 0.256 e. The minimum Gasteiger partial charge on any atom is -0.396 e. The third-order valence-corrected chi connectivity index (χ3v) is 4.83. The molecule has 2 heterocycles. The zero-order valence-corrected chi connectivity index (χ0v) is 12.8. The molecular formula is C13H19N5OS. The van der Waals surface area contributed by atoms with E-state index in [2.05, 4.69) is 35.3 Å². The number of hydrogen-bond donors (Lipinski definition) is 2. The molecule has 0 aliphatic carbocycles. The fraction of sp³-hybridized carbons (Fsp3) is 0.538. The van der Waals surface area contributed by atoms with Crippen molar-refractivity contribution < 1.29 is 4.79 Å². The van der Waals surface area contributed by atoms with Crippen molar-refractivity contribution in [2.24, 2.45) is 0 Å². The van der Waals surface area contributed by atoms with Crippen LogP contribution in [-0.2, 0) is 0 Å². The van der Waals surface area contributed by atoms with Gasteiger partial charge in [-0.05, 0) is 20.5 Å². The first kappa shape index (κ1) is 14.6. The lowest BCUT2D eigenvalue weighted by molar-refractivity contribution is 0.0965. The molecule has 108 valence electrons. The number of nitrogens with zero attached hydrogens (tertiary/aromatic N) is 3. The number of nitrogens with two attached hydrogens (primary N) is 1. The molecule has 1 saturated heterocycles. The lowest BCUT2D eigenvalue weighted by atomic mass is 10.2. The molecule has 1 aliphatic heterocycles. The van der Waals surface area contributed by atoms with Gasteiger partial charge in [-0.2, -0.15) is 5.26 Å². The van der Waals surface area contributed by atoms with E-state index >= 15 is 0 Å². The molecule has 1 amide bonds. The molecule has 0 aromatic carbocycles. The van der Waals surface area contributed by atoms with E-state index in [9.17, 15) is 4.79 Å². The van der Waals surface area contributed by atoms with Gasteiger partial charge in [0, 0.05) is 26.2 Å². The molecule has 7 heteroatoms. The Morgan fingerprint density at radius 3 is 2.80 bits per heavy atom. The molecule has 1 aromatic rings. The predicted octanol–water partition coefficient (Wildman–Crippen LogP) is 0.702. The molecule has 0 bridgehead atoms. The average molecular weight is 293 g/mol. The van der Waals surface area contributed by atoms with Crippen molar-refractivity contribution in [2.75, 3.05) is 44.9 Å². The van der Waals surface area contributed by atoms with Gasteiger partial charge in [-0.1, -0.05) is 0 Å². The van der Waals surface area contributed by atoms with Crippen molar-refractivity contribution >= 4 is 27.9 Å². The summed E-state index contributed by atoms with van der Waals surface area (Å²) in [6, 6.07) is 2.53. The van der Waals surface area contributed by atoms with Crippen LogP contribution in [0.5, 0.6) is 0 Å². The first-order valence-corrected chi connectivity index (χ1v) is 7.27. The second-order valence-corrected chi connectivity index (χ2v) is 6.07. The van der Waals surface area contributed by atoms with Crippen LogP contribution in [-0.4, -0.2) is 51.1 Å². The van der Waals surface area contributed by atoms with Gasteiger partial charge in [0.15, 0.2) is 0 Å². The van der Waals surface area contributed by atoms with E-state index in [-0.39, 0.29) is 5.91 Å². The highest BCUT2D eigenvalue weighted by Crippen LogP contribution is 2.39. The zero-order valence-electron chi connectivity index (χ0n) is 11.9. The number of nitrogen functional groups attached to an aromatic ring is 1. The van der Waals surface area contributed by atoms with Gasteiger partial charge in [0.1, 0.15) is 15.9 Å². The summed E-state index contributed by atoms with van der Waals surface area (Å²) in [5, 5.41) is 12.5. The number of rotatable bonds is 3. The number of carbonyl (C=O) groups is 1. The second kappa shape index (κ2) is 5.69. The quantitative estimate of drug-likeness (QED) is 0.857. The minimum atomic E-state index is -0.233. The van der Waals surface area contributed by atoms with Gasteiger partial charge in [0.25, 0.3) is 5.91 Å². The molecule has 1 aliphatic rings. The minimum absolute atomic E-state index is 0.233. The van der Waals surface area contributed by atoms with E-state index in [1.54, 1.807) is 7.05 Å². The van der Waals surface area contributed by atoms with E-state index in [1.807, 2.05) is 0 Å². The van der Waals surface area contributed by atoms with E-state index < -0.39 is 0 Å². The summed E-state index contributed by atoms with van der Waals surface area (Å²) in [5.74, 6) is -0.233. The lowest BCUT2D eigenvalue weighted by Gasteiger charge is -2.21. The van der Waals surface area contributed by atoms with Crippen molar-refractivity contribution in [1.29, 1.82) is 5.26 Å². The molecule has 1 aromatic heterocycles. The number of carbonyl (C=O) groups excluding carboxylic acids is 1. The van der Waals surface area contributed by atoms with Crippen molar-refractivity contribution in [3.63, 3.8) is 0 Å². The number of nitriles is 1. The second-order valence-electron chi connectivity index (χ2n) is 5.07. The summed E-state index contributed by atoms with van der Waals surface area (Å²) in [4.78, 5) is 16.8. The van der Waals surface area contributed by atoms with Crippen LogP contribution >= 0.6 is 11.3 Å². The van der Waals surface area contributed by atoms with E-state index in [4.69, 9.17) is 11.0 Å². The molecule has 20 heavy (non-hydrogen) atoms. The Morgan fingerprint density at radius 1 is 1.60 bits per heavy atom. The van der Waals surface area contributed by atoms with Crippen LogP contribution in [0.15, 0.2) is 0 Å². The van der Waals surface area contributed by atoms with E-state index in [1.165, 1.54) is 11.3 Å². The largest absolute Gasteiger partial charge is 0.396 e. The average Bonchev–Trinajstić information content (AvgIpc) is 3.02. The normalized spacial score (nSPS) is 18.4. The summed E-state index contributed by atoms with van der Waals surface area (Å²) in [6.07, 6.45) is 1.04. The standard InChI is InChI=1S/C13H19N5OS/c1-16-12(19)10-11(15)9(6-14)20-13(10)18-5-4-8(7-18)17(2)3/h8H,4-5,7,15H2,1-3H3,(H,16,19). The summed E-state index contributed by atoms with van der Waals surface area (Å²) < 4.78 is 0. The Labute approximate surface area is 122 Å². The number of anilines is 2. The van der Waals surface area contributed by atoms with Gasteiger partial charge in [0.2, 0.25) is 0 Å². The molecule has 1 unspecified atom stereocenters. The monoisotopic (exact) mass is 293 g/mol. The Morgan fingerprint density at radius 2 is 2.30 bits per heavy atom. The third-order valence-electron chi connectivity index (χ3n) is 3.66. The van der Waals surface area contributed by atoms with Crippen molar-refractivity contribution in [2.45, 2.75) is 12.5 Å². The predicted molar refractivity (Wildman–Crippen MR) is 81.1 cm³/mol. The van der Waals surface area contributed by atoms with Crippen LogP contribution in [0.2, 0.25) is 0 Å². The highest BCUT2D eigenvalue weighted by Gasteiger charge is 2.30. The highest BCUT2D eigenvalue weighted by molar-refractivity contribution is 7.17. The number of thiophene rings is 1. The molecule has 0 saturated carbocycles. The molecule has 1 atom stereocenters. The van der Waals surface area contributed by atoms with E-state index in [0.717, 1.165) is 24.5 Å². The zero-order chi connectivity index (χ0) is 14.9. The Kier molecular flexibility index (Phi) is 4.16. The van der Waals surface area contributed by atoms with Crippen LogP contribution in [0.25, 0.3) is 0 Å². The van der Waals surface area contributed by atoms with E-state index in [0.29, 0.717) is 22.2 Å². The van der Waals surface area contributed by atoms with Crippen LogP contribution in [0.1, 0.15) is 21.7 Å². The van der Waals surface area contributed by atoms with Crippen molar-refractivity contribution in [3.05, 3.63) is 10.4 Å². The highest BCUT2D eigenvalue weighted by atomic mass is 32.1. The molecule has 0 radical (unpaired) electrons. The first-order valence-electron chi connectivity index (χ1n) is 6.45. The maximum Gasteiger partial charge on any atom is 0.256 e. The molecule has 6 nitrogen and oxygen atoms in total. The molecule has 3 N–H and O–H groups in total. The maximum atomic E-state index is 12.0. The lowest BCUT2D eigenvalue weighted by Crippen LogP contribution is -2.32. The van der Waals surface area contributed by atoms with Crippen LogP contribution in [0.3, 0.4) is 0 Å². The summed E-state index contributed by atoms with van der Waals surface area (Å²) in [5.41, 5.74) is 6.67.